The lowest BCUT2D eigenvalue weighted by Crippen LogP contribution is -2.41. The zero-order chi connectivity index (χ0) is 37.6. The fraction of sp³-hybridized carbons (Fsp3) is 0.425. The molecule has 0 saturated heterocycles. The average molecular weight is 746 g/mol. The number of aliphatic carboxylic acids is 1. The summed E-state index contributed by atoms with van der Waals surface area (Å²) in [6.07, 6.45) is 7.42. The summed E-state index contributed by atoms with van der Waals surface area (Å²) in [7, 11) is 1.70. The van der Waals surface area contributed by atoms with Crippen molar-refractivity contribution < 1.29 is 24.3 Å². The second-order valence-electron chi connectivity index (χ2n) is 14.3. The Hall–Kier alpha value is -4.32. The van der Waals surface area contributed by atoms with E-state index < -0.39 is 5.97 Å². The lowest BCUT2D eigenvalue weighted by atomic mass is 9.76. The number of rotatable bonds is 16. The van der Waals surface area contributed by atoms with Crippen molar-refractivity contribution in [2.45, 2.75) is 85.2 Å². The highest BCUT2D eigenvalue weighted by Gasteiger charge is 2.33. The van der Waals surface area contributed by atoms with Gasteiger partial charge in [-0.3, -0.25) is 24.1 Å². The summed E-state index contributed by atoms with van der Waals surface area (Å²) in [6, 6.07) is 15.0. The first kappa shape index (κ1) is 38.9. The first-order valence-electron chi connectivity index (χ1n) is 17.9. The Balaban J connectivity index is 1.36. The molecule has 5 rings (SSSR count). The van der Waals surface area contributed by atoms with Gasteiger partial charge >= 0.3 is 5.97 Å². The quantitative estimate of drug-likeness (QED) is 0.112. The van der Waals surface area contributed by atoms with Crippen LogP contribution in [0, 0.1) is 5.41 Å². The van der Waals surface area contributed by atoms with Gasteiger partial charge in [-0.1, -0.05) is 51.4 Å². The van der Waals surface area contributed by atoms with Crippen LogP contribution in [-0.4, -0.2) is 74.4 Å². The third kappa shape index (κ3) is 9.56. The minimum Gasteiger partial charge on any atom is -0.481 e. The van der Waals surface area contributed by atoms with Gasteiger partial charge in [0.2, 0.25) is 5.91 Å². The SMILES string of the molecule is CCC(CC)N(CCN(C)C(=O)CCC(=O)O)Cc1cccc(C(=O)Nc2sc3c(c2C(=O)c2cnn(-c4ccc(Cl)cc4)c2)CCC(C)(C)C3)c1. The summed E-state index contributed by atoms with van der Waals surface area (Å²) >= 11 is 7.56. The number of benzene rings is 2. The largest absolute Gasteiger partial charge is 0.481 e. The van der Waals surface area contributed by atoms with Crippen molar-refractivity contribution in [2.24, 2.45) is 5.41 Å². The number of nitrogens with zero attached hydrogens (tertiary/aromatic N) is 4. The Morgan fingerprint density at radius 1 is 1.04 bits per heavy atom. The Bertz CT molecular complexity index is 1910. The van der Waals surface area contributed by atoms with Gasteiger partial charge < -0.3 is 15.3 Å². The Labute approximate surface area is 314 Å². The van der Waals surface area contributed by atoms with Crippen LogP contribution in [0.1, 0.15) is 102 Å². The zero-order valence-corrected chi connectivity index (χ0v) is 32.1. The molecule has 12 heteroatoms. The molecular formula is C40H48ClN5O5S. The monoisotopic (exact) mass is 745 g/mol. The van der Waals surface area contributed by atoms with Crippen LogP contribution in [0.15, 0.2) is 60.9 Å². The number of carboxylic acid groups (broad SMARTS) is 1. The molecule has 0 bridgehead atoms. The minimum absolute atomic E-state index is 0.0285. The van der Waals surface area contributed by atoms with Crippen molar-refractivity contribution in [1.29, 1.82) is 0 Å². The summed E-state index contributed by atoms with van der Waals surface area (Å²) < 4.78 is 1.65. The molecule has 2 aromatic heterocycles. The number of hydrogen-bond donors (Lipinski definition) is 2. The summed E-state index contributed by atoms with van der Waals surface area (Å²) in [4.78, 5) is 56.6. The van der Waals surface area contributed by atoms with Gasteiger partial charge in [0, 0.05) is 60.8 Å². The van der Waals surface area contributed by atoms with E-state index in [4.69, 9.17) is 16.7 Å². The van der Waals surface area contributed by atoms with Crippen LogP contribution in [0.4, 0.5) is 5.00 Å². The first-order valence-corrected chi connectivity index (χ1v) is 19.1. The predicted molar refractivity (Wildman–Crippen MR) is 206 cm³/mol. The van der Waals surface area contributed by atoms with Gasteiger partial charge in [-0.25, -0.2) is 4.68 Å². The summed E-state index contributed by atoms with van der Waals surface area (Å²) in [5, 5.41) is 17.7. The zero-order valence-electron chi connectivity index (χ0n) is 30.6. The number of carbonyl (C=O) groups excluding carboxylic acids is 3. The van der Waals surface area contributed by atoms with Crippen molar-refractivity contribution in [3.63, 3.8) is 0 Å². The second-order valence-corrected chi connectivity index (χ2v) is 15.9. The topological polar surface area (TPSA) is 125 Å². The fourth-order valence-electron chi connectivity index (χ4n) is 6.78. The third-order valence-corrected chi connectivity index (χ3v) is 11.3. The molecule has 1 aliphatic rings. The Morgan fingerprint density at radius 2 is 1.77 bits per heavy atom. The van der Waals surface area contributed by atoms with E-state index in [2.05, 4.69) is 43.0 Å². The molecule has 0 radical (unpaired) electrons. The van der Waals surface area contributed by atoms with E-state index in [-0.39, 0.29) is 41.9 Å². The van der Waals surface area contributed by atoms with Crippen LogP contribution in [-0.2, 0) is 29.0 Å². The molecule has 1 aliphatic carbocycles. The van der Waals surface area contributed by atoms with Crippen molar-refractivity contribution in [1.82, 2.24) is 19.6 Å². The van der Waals surface area contributed by atoms with E-state index in [1.807, 2.05) is 30.3 Å². The highest BCUT2D eigenvalue weighted by molar-refractivity contribution is 7.17. The number of anilines is 1. The molecule has 0 fully saturated rings. The number of carbonyl (C=O) groups is 4. The van der Waals surface area contributed by atoms with Gasteiger partial charge in [0.1, 0.15) is 5.00 Å². The number of halogens is 1. The third-order valence-electron chi connectivity index (χ3n) is 9.91. The molecule has 2 amide bonds. The molecule has 276 valence electrons. The van der Waals surface area contributed by atoms with E-state index in [1.54, 1.807) is 47.2 Å². The number of carboxylic acids is 1. The molecule has 0 saturated carbocycles. The first-order chi connectivity index (χ1) is 24.8. The predicted octanol–water partition coefficient (Wildman–Crippen LogP) is 7.90. The highest BCUT2D eigenvalue weighted by atomic mass is 35.5. The molecule has 0 atom stereocenters. The summed E-state index contributed by atoms with van der Waals surface area (Å²) in [5.74, 6) is -1.65. The highest BCUT2D eigenvalue weighted by Crippen LogP contribution is 2.44. The number of thiophene rings is 1. The number of amides is 2. The summed E-state index contributed by atoms with van der Waals surface area (Å²) in [5.41, 5.74) is 4.30. The van der Waals surface area contributed by atoms with Gasteiger partial charge in [0.25, 0.3) is 5.91 Å². The van der Waals surface area contributed by atoms with Gasteiger partial charge in [0.15, 0.2) is 5.78 Å². The smallest absolute Gasteiger partial charge is 0.303 e. The van der Waals surface area contributed by atoms with Crippen LogP contribution < -0.4 is 5.32 Å². The molecule has 10 nitrogen and oxygen atoms in total. The van der Waals surface area contributed by atoms with E-state index in [0.717, 1.165) is 53.8 Å². The average Bonchev–Trinajstić information content (AvgIpc) is 3.74. The number of ketones is 1. The number of hydrogen-bond acceptors (Lipinski definition) is 7. The Morgan fingerprint density at radius 3 is 2.46 bits per heavy atom. The van der Waals surface area contributed by atoms with Crippen LogP contribution in [0.25, 0.3) is 5.69 Å². The molecule has 52 heavy (non-hydrogen) atoms. The number of aromatic nitrogens is 2. The van der Waals surface area contributed by atoms with Crippen LogP contribution >= 0.6 is 22.9 Å². The van der Waals surface area contributed by atoms with E-state index in [9.17, 15) is 19.2 Å². The maximum atomic E-state index is 14.2. The van der Waals surface area contributed by atoms with Gasteiger partial charge in [-0.15, -0.1) is 11.3 Å². The molecule has 4 aromatic rings. The molecule has 2 heterocycles. The van der Waals surface area contributed by atoms with Crippen molar-refractivity contribution >= 4 is 51.5 Å². The van der Waals surface area contributed by atoms with Crippen LogP contribution in [0.5, 0.6) is 0 Å². The summed E-state index contributed by atoms with van der Waals surface area (Å²) in [6.45, 7) is 10.4. The lowest BCUT2D eigenvalue weighted by molar-refractivity contribution is -0.140. The molecule has 0 aliphatic heterocycles. The molecular weight excluding hydrogens is 698 g/mol. The van der Waals surface area contributed by atoms with Gasteiger partial charge in [-0.05, 0) is 85.0 Å². The van der Waals surface area contributed by atoms with E-state index in [1.165, 1.54) is 11.3 Å². The van der Waals surface area contributed by atoms with E-state index in [0.29, 0.717) is 46.3 Å². The van der Waals surface area contributed by atoms with Crippen molar-refractivity contribution in [3.8, 4) is 5.69 Å². The number of fused-ring (bicyclic) bond motifs is 1. The van der Waals surface area contributed by atoms with Gasteiger partial charge in [-0.2, -0.15) is 5.10 Å². The Kier molecular flexibility index (Phi) is 12.7. The van der Waals surface area contributed by atoms with Crippen molar-refractivity contribution in [2.75, 3.05) is 25.5 Å². The lowest BCUT2D eigenvalue weighted by Gasteiger charge is -2.32. The minimum atomic E-state index is -0.989. The fourth-order valence-corrected chi connectivity index (χ4v) is 8.40. The van der Waals surface area contributed by atoms with Crippen LogP contribution in [0.3, 0.4) is 0 Å². The molecule has 2 N–H and O–H groups in total. The maximum Gasteiger partial charge on any atom is 0.303 e. The second kappa shape index (κ2) is 17.0. The van der Waals surface area contributed by atoms with E-state index >= 15 is 0 Å². The number of nitrogens with one attached hydrogen (secondary N) is 1. The molecule has 0 unspecified atom stereocenters. The van der Waals surface area contributed by atoms with Gasteiger partial charge in [0.05, 0.1) is 29.4 Å². The normalized spacial score (nSPS) is 13.6. The standard InChI is InChI=1S/C40H48ClN5O5S/c1-6-30(7-2)45(20-19-44(5)34(47)15-16-35(48)49)24-26-9-8-10-27(21-26)38(51)43-39-36(32-17-18-40(3,4)22-33(32)52-39)37(50)28-23-42-46(25-28)31-13-11-29(41)12-14-31/h8-14,21,23,25,30H,6-7,15-20,22,24H2,1-5H3,(H,43,51)(H,48,49). The van der Waals surface area contributed by atoms with Crippen molar-refractivity contribution in [3.05, 3.63) is 98.6 Å². The number of likely N-dealkylation sites (N-methyl/N-ethyl adjacent to an activating group) is 1. The molecule has 0 spiro atoms. The van der Waals surface area contributed by atoms with Crippen LogP contribution in [0.2, 0.25) is 5.02 Å². The molecule has 2 aromatic carbocycles. The maximum absolute atomic E-state index is 14.2.